The minimum Gasteiger partial charge on any atom is -0.482 e. The minimum absolute atomic E-state index is 0.492. The molecule has 0 bridgehead atoms. The molecule has 0 saturated carbocycles. The Balaban J connectivity index is 2.82. The Morgan fingerprint density at radius 1 is 1.11 bits per heavy atom. The molecule has 0 atom stereocenters. The van der Waals surface area contributed by atoms with E-state index in [1.54, 1.807) is 0 Å². The summed E-state index contributed by atoms with van der Waals surface area (Å²) in [5.74, 6) is -2.80. The highest BCUT2D eigenvalue weighted by molar-refractivity contribution is 5.96. The van der Waals surface area contributed by atoms with E-state index in [-0.39, 0.29) is 0 Å². The molecule has 0 unspecified atom stereocenters. The number of carbonyl (C=O) groups is 1. The van der Waals surface area contributed by atoms with Gasteiger partial charge in [0.05, 0.1) is 5.69 Å². The summed E-state index contributed by atoms with van der Waals surface area (Å²) in [7, 11) is 0. The van der Waals surface area contributed by atoms with E-state index >= 15 is 0 Å². The second-order valence-electron chi connectivity index (χ2n) is 3.35. The van der Waals surface area contributed by atoms with Gasteiger partial charge in [-0.3, -0.25) is 4.79 Å². The van der Waals surface area contributed by atoms with Gasteiger partial charge in [-0.15, -0.1) is 0 Å². The van der Waals surface area contributed by atoms with Crippen molar-refractivity contribution < 1.29 is 35.9 Å². The topological polar surface area (TPSA) is 38.3 Å². The first kappa shape index (κ1) is 15.1. The van der Waals surface area contributed by atoms with E-state index in [4.69, 9.17) is 0 Å². The van der Waals surface area contributed by atoms with Crippen molar-refractivity contribution in [1.29, 1.82) is 0 Å². The molecule has 9 heteroatoms. The number of ether oxygens (including phenoxy) is 1. The fourth-order valence-corrected chi connectivity index (χ4v) is 1.05. The molecule has 1 rings (SSSR count). The Bertz CT molecular complexity index is 454. The van der Waals surface area contributed by atoms with Crippen molar-refractivity contribution in [1.82, 2.24) is 0 Å². The molecule has 0 aliphatic rings. The van der Waals surface area contributed by atoms with E-state index in [1.165, 1.54) is 17.4 Å². The maximum atomic E-state index is 12.0. The monoisotopic (exact) mass is 287 g/mol. The summed E-state index contributed by atoms with van der Waals surface area (Å²) in [5.41, 5.74) is -0.492. The van der Waals surface area contributed by atoms with Gasteiger partial charge in [0.25, 0.3) is 0 Å². The number of hydrogen-bond donors (Lipinski definition) is 1. The van der Waals surface area contributed by atoms with E-state index in [1.807, 2.05) is 0 Å². The molecular formula is C10H7F6NO2. The zero-order valence-electron chi connectivity index (χ0n) is 9.10. The molecule has 0 aromatic heterocycles. The highest BCUT2D eigenvalue weighted by atomic mass is 19.4. The van der Waals surface area contributed by atoms with Crippen molar-refractivity contribution in [2.75, 3.05) is 11.9 Å². The second kappa shape index (κ2) is 5.37. The average molecular weight is 287 g/mol. The molecule has 0 heterocycles. The lowest BCUT2D eigenvalue weighted by Crippen LogP contribution is -2.30. The number of rotatable bonds is 3. The third kappa shape index (κ3) is 5.06. The minimum atomic E-state index is -5.14. The maximum Gasteiger partial charge on any atom is 0.471 e. The highest BCUT2D eigenvalue weighted by Crippen LogP contribution is 2.28. The van der Waals surface area contributed by atoms with Crippen molar-refractivity contribution in [3.63, 3.8) is 0 Å². The number of carbonyl (C=O) groups excluding carboxylic acids is 1. The number of amides is 1. The number of halogens is 6. The SMILES string of the molecule is O=C(Nc1ccccc1OCC(F)(F)F)C(F)(F)F. The summed E-state index contributed by atoms with van der Waals surface area (Å²) in [6, 6.07) is 4.51. The summed E-state index contributed by atoms with van der Waals surface area (Å²) in [6.07, 6.45) is -9.78. The van der Waals surface area contributed by atoms with Crippen LogP contribution in [-0.2, 0) is 4.79 Å². The van der Waals surface area contributed by atoms with Gasteiger partial charge in [0.15, 0.2) is 6.61 Å². The first-order valence-electron chi connectivity index (χ1n) is 4.76. The Morgan fingerprint density at radius 2 is 1.68 bits per heavy atom. The normalized spacial score (nSPS) is 12.1. The van der Waals surface area contributed by atoms with Crippen molar-refractivity contribution >= 4 is 11.6 Å². The van der Waals surface area contributed by atoms with Crippen LogP contribution in [0.5, 0.6) is 5.75 Å². The number of benzene rings is 1. The molecule has 106 valence electrons. The van der Waals surface area contributed by atoms with E-state index in [0.717, 1.165) is 12.1 Å². The quantitative estimate of drug-likeness (QED) is 0.867. The number of alkyl halides is 6. The number of para-hydroxylation sites is 2. The van der Waals surface area contributed by atoms with Crippen LogP contribution in [0.4, 0.5) is 32.0 Å². The Morgan fingerprint density at radius 3 is 2.21 bits per heavy atom. The lowest BCUT2D eigenvalue weighted by atomic mass is 10.3. The average Bonchev–Trinajstić information content (AvgIpc) is 2.25. The smallest absolute Gasteiger partial charge is 0.471 e. The molecule has 3 nitrogen and oxygen atoms in total. The zero-order valence-corrected chi connectivity index (χ0v) is 9.10. The van der Waals surface area contributed by atoms with Gasteiger partial charge in [-0.1, -0.05) is 12.1 Å². The Kier molecular flexibility index (Phi) is 4.28. The third-order valence-electron chi connectivity index (χ3n) is 1.78. The maximum absolute atomic E-state index is 12.0. The fourth-order valence-electron chi connectivity index (χ4n) is 1.05. The first-order chi connectivity index (χ1) is 8.59. The van der Waals surface area contributed by atoms with Crippen molar-refractivity contribution in [3.8, 4) is 5.75 Å². The van der Waals surface area contributed by atoms with Gasteiger partial charge in [-0.2, -0.15) is 26.3 Å². The van der Waals surface area contributed by atoms with Crippen LogP contribution in [0.25, 0.3) is 0 Å². The molecule has 0 aliphatic carbocycles. The number of anilines is 1. The van der Waals surface area contributed by atoms with Crippen LogP contribution in [0.15, 0.2) is 24.3 Å². The molecule has 0 spiro atoms. The lowest BCUT2D eigenvalue weighted by Gasteiger charge is -2.14. The van der Waals surface area contributed by atoms with Gasteiger partial charge in [-0.25, -0.2) is 0 Å². The van der Waals surface area contributed by atoms with Gasteiger partial charge in [0.1, 0.15) is 5.75 Å². The Hall–Kier alpha value is -1.93. The molecule has 1 amide bonds. The summed E-state index contributed by atoms with van der Waals surface area (Å²) in [5, 5.41) is 1.43. The van der Waals surface area contributed by atoms with Gasteiger partial charge >= 0.3 is 18.3 Å². The van der Waals surface area contributed by atoms with Crippen molar-refractivity contribution in [2.24, 2.45) is 0 Å². The summed E-state index contributed by atoms with van der Waals surface area (Å²) < 4.78 is 76.1. The predicted octanol–water partition coefficient (Wildman–Crippen LogP) is 3.13. The fraction of sp³-hybridized carbons (Fsp3) is 0.300. The van der Waals surface area contributed by atoms with Gasteiger partial charge in [0.2, 0.25) is 0 Å². The van der Waals surface area contributed by atoms with Crippen molar-refractivity contribution in [2.45, 2.75) is 12.4 Å². The standard InChI is InChI=1S/C10H7F6NO2/c11-9(12,13)5-19-7-4-2-1-3-6(7)17-8(18)10(14,15)16/h1-4H,5H2,(H,17,18). The molecule has 1 N–H and O–H groups in total. The first-order valence-corrected chi connectivity index (χ1v) is 4.76. The van der Waals surface area contributed by atoms with Crippen LogP contribution in [-0.4, -0.2) is 24.9 Å². The van der Waals surface area contributed by atoms with Crippen LogP contribution in [0.1, 0.15) is 0 Å². The van der Waals surface area contributed by atoms with E-state index in [0.29, 0.717) is 0 Å². The van der Waals surface area contributed by atoms with Crippen LogP contribution in [0.2, 0.25) is 0 Å². The highest BCUT2D eigenvalue weighted by Gasteiger charge is 2.39. The molecular weight excluding hydrogens is 280 g/mol. The molecule has 1 aromatic rings. The number of nitrogens with one attached hydrogen (secondary N) is 1. The summed E-state index contributed by atoms with van der Waals surface area (Å²) >= 11 is 0. The van der Waals surface area contributed by atoms with Crippen LogP contribution in [0.3, 0.4) is 0 Å². The molecule has 0 fully saturated rings. The summed E-state index contributed by atoms with van der Waals surface area (Å²) in [6.45, 7) is -1.67. The third-order valence-corrected chi connectivity index (χ3v) is 1.78. The van der Waals surface area contributed by atoms with Crippen LogP contribution in [0, 0.1) is 0 Å². The predicted molar refractivity (Wildman–Crippen MR) is 52.7 cm³/mol. The zero-order chi connectivity index (χ0) is 14.7. The molecule has 0 radical (unpaired) electrons. The van der Waals surface area contributed by atoms with Crippen LogP contribution >= 0.6 is 0 Å². The summed E-state index contributed by atoms with van der Waals surface area (Å²) in [4.78, 5) is 10.7. The molecule has 0 aliphatic heterocycles. The van der Waals surface area contributed by atoms with E-state index < -0.39 is 36.3 Å². The van der Waals surface area contributed by atoms with Crippen LogP contribution < -0.4 is 10.1 Å². The molecule has 19 heavy (non-hydrogen) atoms. The van der Waals surface area contributed by atoms with Gasteiger partial charge < -0.3 is 10.1 Å². The van der Waals surface area contributed by atoms with E-state index in [2.05, 4.69) is 4.74 Å². The van der Waals surface area contributed by atoms with Crippen molar-refractivity contribution in [3.05, 3.63) is 24.3 Å². The van der Waals surface area contributed by atoms with Gasteiger partial charge in [0, 0.05) is 0 Å². The second-order valence-corrected chi connectivity index (χ2v) is 3.35. The Labute approximate surface area is 103 Å². The lowest BCUT2D eigenvalue weighted by molar-refractivity contribution is -0.167. The number of hydrogen-bond acceptors (Lipinski definition) is 2. The van der Waals surface area contributed by atoms with E-state index in [9.17, 15) is 31.1 Å². The largest absolute Gasteiger partial charge is 0.482 e. The molecule has 1 aromatic carbocycles. The van der Waals surface area contributed by atoms with Gasteiger partial charge in [-0.05, 0) is 12.1 Å². The molecule has 0 saturated heterocycles.